The molecule has 1 aromatic rings. The zero-order valence-electron chi connectivity index (χ0n) is 14.7. The summed E-state index contributed by atoms with van der Waals surface area (Å²) in [4.78, 5) is 13.6. The highest BCUT2D eigenvalue weighted by molar-refractivity contribution is 5.68. The summed E-state index contributed by atoms with van der Waals surface area (Å²) >= 11 is 0. The molecule has 6 heteroatoms. The molecule has 1 amide bonds. The molecule has 0 radical (unpaired) electrons. The number of carbonyl (C=O) groups is 1. The number of hydrogen-bond donors (Lipinski definition) is 1. The first kappa shape index (κ1) is 18.5. The highest BCUT2D eigenvalue weighted by Crippen LogP contribution is 2.35. The molecule has 0 saturated carbocycles. The Hall–Kier alpha value is -1.82. The Morgan fingerprint density at radius 2 is 2.12 bits per heavy atom. The van der Waals surface area contributed by atoms with Gasteiger partial charge in [-0.2, -0.15) is 0 Å². The maximum absolute atomic E-state index is 13.6. The largest absolute Gasteiger partial charge is 0.494 e. The first-order chi connectivity index (χ1) is 11.2. The van der Waals surface area contributed by atoms with Crippen molar-refractivity contribution < 1.29 is 23.8 Å². The Labute approximate surface area is 142 Å². The second kappa shape index (κ2) is 7.38. The van der Waals surface area contributed by atoms with Crippen molar-refractivity contribution in [3.63, 3.8) is 0 Å². The third-order valence-electron chi connectivity index (χ3n) is 3.90. The summed E-state index contributed by atoms with van der Waals surface area (Å²) in [6.07, 6.45) is -0.722. The van der Waals surface area contributed by atoms with E-state index in [0.717, 1.165) is 0 Å². The molecule has 0 bridgehead atoms. The Morgan fingerprint density at radius 3 is 2.71 bits per heavy atom. The SMILES string of the molecule is CCOc1ccc(F)cc1[C@@H]1CCN(C(=O)OC(C)(C)C)C[C@H]1O. The van der Waals surface area contributed by atoms with Crippen LogP contribution in [0.1, 0.15) is 45.6 Å². The van der Waals surface area contributed by atoms with Crippen LogP contribution in [0.3, 0.4) is 0 Å². The van der Waals surface area contributed by atoms with Gasteiger partial charge in [0.2, 0.25) is 0 Å². The van der Waals surface area contributed by atoms with Crippen LogP contribution in [-0.4, -0.2) is 47.5 Å². The van der Waals surface area contributed by atoms with Crippen LogP contribution >= 0.6 is 0 Å². The zero-order valence-corrected chi connectivity index (χ0v) is 14.7. The average Bonchev–Trinajstić information content (AvgIpc) is 2.47. The molecular formula is C18H26FNO4. The third-order valence-corrected chi connectivity index (χ3v) is 3.90. The van der Waals surface area contributed by atoms with Gasteiger partial charge in [-0.15, -0.1) is 0 Å². The zero-order chi connectivity index (χ0) is 17.9. The minimum atomic E-state index is -0.799. The Balaban J connectivity index is 2.11. The number of likely N-dealkylation sites (tertiary alicyclic amines) is 1. The molecule has 0 unspecified atom stereocenters. The van der Waals surface area contributed by atoms with E-state index in [1.165, 1.54) is 17.0 Å². The van der Waals surface area contributed by atoms with E-state index in [1.807, 2.05) is 6.92 Å². The fraction of sp³-hybridized carbons (Fsp3) is 0.611. The van der Waals surface area contributed by atoms with Gasteiger partial charge in [0.1, 0.15) is 17.2 Å². The molecule has 1 aliphatic heterocycles. The van der Waals surface area contributed by atoms with Crippen LogP contribution in [0, 0.1) is 5.82 Å². The summed E-state index contributed by atoms with van der Waals surface area (Å²) in [6.45, 7) is 8.32. The number of nitrogens with zero attached hydrogens (tertiary/aromatic N) is 1. The number of ether oxygens (including phenoxy) is 2. The van der Waals surface area contributed by atoms with Crippen molar-refractivity contribution in [2.24, 2.45) is 0 Å². The highest BCUT2D eigenvalue weighted by atomic mass is 19.1. The van der Waals surface area contributed by atoms with Gasteiger partial charge in [-0.1, -0.05) is 0 Å². The van der Waals surface area contributed by atoms with Gasteiger partial charge in [-0.25, -0.2) is 9.18 Å². The van der Waals surface area contributed by atoms with Gasteiger partial charge in [-0.3, -0.25) is 0 Å². The van der Waals surface area contributed by atoms with Crippen LogP contribution in [0.15, 0.2) is 18.2 Å². The quantitative estimate of drug-likeness (QED) is 0.918. The molecule has 2 atom stereocenters. The number of piperidine rings is 1. The van der Waals surface area contributed by atoms with E-state index in [-0.39, 0.29) is 18.3 Å². The second-order valence-electron chi connectivity index (χ2n) is 7.00. The van der Waals surface area contributed by atoms with Gasteiger partial charge < -0.3 is 19.5 Å². The molecule has 24 heavy (non-hydrogen) atoms. The standard InChI is InChI=1S/C18H26FNO4/c1-5-23-16-7-6-12(19)10-14(16)13-8-9-20(11-15(13)21)17(22)24-18(2,3)4/h6-7,10,13,15,21H,5,8-9,11H2,1-4H3/t13-,15+/m0/s1. The number of rotatable bonds is 3. The molecule has 1 N–H and O–H groups in total. The highest BCUT2D eigenvalue weighted by Gasteiger charge is 2.34. The van der Waals surface area contributed by atoms with Crippen molar-refractivity contribution in [2.45, 2.75) is 51.7 Å². The number of amides is 1. The van der Waals surface area contributed by atoms with Crippen LogP contribution in [-0.2, 0) is 4.74 Å². The fourth-order valence-electron chi connectivity index (χ4n) is 2.88. The molecule has 0 aliphatic carbocycles. The Morgan fingerprint density at radius 1 is 1.42 bits per heavy atom. The summed E-state index contributed by atoms with van der Waals surface area (Å²) in [6, 6.07) is 4.33. The van der Waals surface area contributed by atoms with Crippen molar-refractivity contribution in [1.82, 2.24) is 4.90 Å². The van der Waals surface area contributed by atoms with E-state index in [1.54, 1.807) is 26.8 Å². The molecule has 1 aliphatic rings. The van der Waals surface area contributed by atoms with E-state index < -0.39 is 17.8 Å². The smallest absolute Gasteiger partial charge is 0.410 e. The number of hydrogen-bond acceptors (Lipinski definition) is 4. The van der Waals surface area contributed by atoms with Gasteiger partial charge in [0.05, 0.1) is 19.3 Å². The molecule has 1 saturated heterocycles. The summed E-state index contributed by atoms with van der Waals surface area (Å²) in [5, 5.41) is 10.5. The van der Waals surface area contributed by atoms with Crippen molar-refractivity contribution in [3.05, 3.63) is 29.6 Å². The second-order valence-corrected chi connectivity index (χ2v) is 7.00. The van der Waals surface area contributed by atoms with Crippen LogP contribution in [0.4, 0.5) is 9.18 Å². The molecule has 5 nitrogen and oxygen atoms in total. The molecular weight excluding hydrogens is 313 g/mol. The van der Waals surface area contributed by atoms with Crippen LogP contribution < -0.4 is 4.74 Å². The third kappa shape index (κ3) is 4.60. The van der Waals surface area contributed by atoms with Crippen molar-refractivity contribution in [1.29, 1.82) is 0 Å². The minimum absolute atomic E-state index is 0.154. The summed E-state index contributed by atoms with van der Waals surface area (Å²) in [7, 11) is 0. The lowest BCUT2D eigenvalue weighted by Gasteiger charge is -2.37. The molecule has 134 valence electrons. The normalized spacial score (nSPS) is 21.5. The van der Waals surface area contributed by atoms with Crippen LogP contribution in [0.5, 0.6) is 5.75 Å². The Bertz CT molecular complexity index is 585. The summed E-state index contributed by atoms with van der Waals surface area (Å²) in [5.74, 6) is -0.0650. The molecule has 1 fully saturated rings. The predicted octanol–water partition coefficient (Wildman–Crippen LogP) is 3.31. The van der Waals surface area contributed by atoms with E-state index in [0.29, 0.717) is 30.9 Å². The number of aliphatic hydroxyl groups is 1. The number of halogens is 1. The van der Waals surface area contributed by atoms with E-state index in [2.05, 4.69) is 0 Å². The molecule has 1 aromatic carbocycles. The first-order valence-corrected chi connectivity index (χ1v) is 8.29. The first-order valence-electron chi connectivity index (χ1n) is 8.29. The number of carbonyl (C=O) groups excluding carboxylic acids is 1. The minimum Gasteiger partial charge on any atom is -0.494 e. The van der Waals surface area contributed by atoms with Crippen molar-refractivity contribution in [2.75, 3.05) is 19.7 Å². The maximum Gasteiger partial charge on any atom is 0.410 e. The van der Waals surface area contributed by atoms with Crippen LogP contribution in [0.25, 0.3) is 0 Å². The molecule has 0 spiro atoms. The lowest BCUT2D eigenvalue weighted by atomic mass is 9.86. The number of β-amino-alcohol motifs (C(OH)–C–C–N with tert-alkyl or cyclic N) is 1. The van der Waals surface area contributed by atoms with Gasteiger partial charge >= 0.3 is 6.09 Å². The molecule has 1 heterocycles. The topological polar surface area (TPSA) is 59.0 Å². The monoisotopic (exact) mass is 339 g/mol. The van der Waals surface area contributed by atoms with Gasteiger partial charge in [0.15, 0.2) is 0 Å². The van der Waals surface area contributed by atoms with E-state index in [9.17, 15) is 14.3 Å². The summed E-state index contributed by atoms with van der Waals surface area (Å²) < 4.78 is 24.5. The van der Waals surface area contributed by atoms with Gasteiger partial charge in [0.25, 0.3) is 0 Å². The lowest BCUT2D eigenvalue weighted by molar-refractivity contribution is -0.00175. The molecule has 2 rings (SSSR count). The predicted molar refractivity (Wildman–Crippen MR) is 88.7 cm³/mol. The lowest BCUT2D eigenvalue weighted by Crippen LogP contribution is -2.47. The van der Waals surface area contributed by atoms with E-state index >= 15 is 0 Å². The van der Waals surface area contributed by atoms with Crippen molar-refractivity contribution in [3.8, 4) is 5.75 Å². The van der Waals surface area contributed by atoms with Crippen LogP contribution in [0.2, 0.25) is 0 Å². The Kier molecular flexibility index (Phi) is 5.70. The molecule has 0 aromatic heterocycles. The average molecular weight is 339 g/mol. The number of aliphatic hydroxyl groups excluding tert-OH is 1. The van der Waals surface area contributed by atoms with Gasteiger partial charge in [-0.05, 0) is 52.3 Å². The maximum atomic E-state index is 13.6. The van der Waals surface area contributed by atoms with Gasteiger partial charge in [0, 0.05) is 18.0 Å². The summed E-state index contributed by atoms with van der Waals surface area (Å²) in [5.41, 5.74) is 0.0667. The van der Waals surface area contributed by atoms with E-state index in [4.69, 9.17) is 9.47 Å². The fourth-order valence-corrected chi connectivity index (χ4v) is 2.88. The van der Waals surface area contributed by atoms with Crippen molar-refractivity contribution >= 4 is 6.09 Å². The number of benzene rings is 1.